The quantitative estimate of drug-likeness (QED) is 0.157. The molecule has 0 saturated carbocycles. The van der Waals surface area contributed by atoms with Crippen LogP contribution in [-0.4, -0.2) is 27.6 Å². The van der Waals surface area contributed by atoms with E-state index in [0.717, 1.165) is 28.3 Å². The Labute approximate surface area is 252 Å². The van der Waals surface area contributed by atoms with Gasteiger partial charge in [0.1, 0.15) is 5.75 Å². The molecule has 0 aliphatic carbocycles. The van der Waals surface area contributed by atoms with Crippen molar-refractivity contribution in [3.05, 3.63) is 122 Å². The van der Waals surface area contributed by atoms with E-state index in [4.69, 9.17) is 9.72 Å². The Balaban J connectivity index is 1.18. The average Bonchev–Trinajstić information content (AvgIpc) is 3.50. The minimum absolute atomic E-state index is 0.0343. The van der Waals surface area contributed by atoms with E-state index in [9.17, 15) is 0 Å². The average molecular weight is 561 g/mol. The molecule has 1 saturated heterocycles. The molecular weight excluding hydrogens is 529 g/mol. The molecule has 4 aromatic carbocycles. The van der Waals surface area contributed by atoms with E-state index in [-0.39, 0.29) is 18.1 Å². The third-order valence-corrected chi connectivity index (χ3v) is 9.40. The maximum Gasteiger partial charge on any atom is 0.377 e. The molecule has 7 heteroatoms. The first-order valence-corrected chi connectivity index (χ1v) is 14.8. The number of nitrogens with one attached hydrogen (secondary N) is 1. The summed E-state index contributed by atoms with van der Waals surface area (Å²) in [5, 5.41) is 3.92. The molecule has 1 fully saturated rings. The zero-order chi connectivity index (χ0) is 29.3. The lowest BCUT2D eigenvalue weighted by Crippen LogP contribution is -2.58. The van der Waals surface area contributed by atoms with Gasteiger partial charge in [-0.3, -0.25) is 9.13 Å². The van der Waals surface area contributed by atoms with Crippen molar-refractivity contribution in [3.63, 3.8) is 0 Å². The first-order chi connectivity index (χ1) is 20.8. The minimum Gasteiger partial charge on any atom is -0.440 e. The van der Waals surface area contributed by atoms with Gasteiger partial charge in [-0.05, 0) is 81.2 Å². The molecule has 0 spiro atoms. The Hall–Kier alpha value is -4.88. The van der Waals surface area contributed by atoms with Crippen LogP contribution in [0.15, 0.2) is 115 Å². The Kier molecular flexibility index (Phi) is 5.59. The van der Waals surface area contributed by atoms with Crippen molar-refractivity contribution >= 4 is 29.2 Å². The summed E-state index contributed by atoms with van der Waals surface area (Å²) < 4.78 is 10.5. The van der Waals surface area contributed by atoms with Crippen LogP contribution in [0.1, 0.15) is 27.7 Å². The molecule has 1 N–H and O–H groups in total. The van der Waals surface area contributed by atoms with Gasteiger partial charge in [0.25, 0.3) is 6.33 Å². The lowest BCUT2D eigenvalue weighted by Gasteiger charge is -2.45. The summed E-state index contributed by atoms with van der Waals surface area (Å²) in [6, 6.07) is 39.5. The van der Waals surface area contributed by atoms with Crippen LogP contribution in [-0.2, 0) is 0 Å². The Bertz CT molecular complexity index is 2020. The molecule has 6 nitrogen and oxygen atoms in total. The van der Waals surface area contributed by atoms with Gasteiger partial charge < -0.3 is 14.8 Å². The lowest BCUT2D eigenvalue weighted by atomic mass is 9.60. The van der Waals surface area contributed by atoms with Crippen LogP contribution in [0.2, 0.25) is 0 Å². The largest absolute Gasteiger partial charge is 0.440 e. The molecule has 2 aliphatic heterocycles. The van der Waals surface area contributed by atoms with Crippen molar-refractivity contribution in [1.29, 1.82) is 0 Å². The minimum atomic E-state index is -0.106. The SMILES string of the molecule is CC1(C)NB2c3cc(Oc4cccc(-n5[c-][n+](-c6ccccc6)c6ccccc65)n4)ccc3-c3ccccc3N2C1(C)C. The smallest absolute Gasteiger partial charge is 0.377 e. The van der Waals surface area contributed by atoms with Crippen LogP contribution < -0.4 is 24.8 Å². The number of anilines is 1. The number of hydrogen-bond acceptors (Lipinski definition) is 4. The second kappa shape index (κ2) is 9.31. The van der Waals surface area contributed by atoms with Crippen LogP contribution >= 0.6 is 0 Å². The third-order valence-electron chi connectivity index (χ3n) is 9.40. The van der Waals surface area contributed by atoms with E-state index in [0.29, 0.717) is 5.88 Å². The van der Waals surface area contributed by atoms with Gasteiger partial charge in [0, 0.05) is 22.3 Å². The van der Waals surface area contributed by atoms with Crippen molar-refractivity contribution in [3.8, 4) is 34.3 Å². The number of para-hydroxylation sites is 4. The molecule has 0 bridgehead atoms. The van der Waals surface area contributed by atoms with Crippen LogP contribution in [0.25, 0.3) is 33.7 Å². The van der Waals surface area contributed by atoms with Crippen molar-refractivity contribution in [2.45, 2.75) is 38.8 Å². The highest BCUT2D eigenvalue weighted by Gasteiger charge is 2.56. The van der Waals surface area contributed by atoms with Crippen LogP contribution in [0.4, 0.5) is 5.69 Å². The molecule has 0 radical (unpaired) electrons. The van der Waals surface area contributed by atoms with E-state index in [1.165, 1.54) is 22.3 Å². The van der Waals surface area contributed by atoms with Crippen LogP contribution in [0.3, 0.4) is 0 Å². The summed E-state index contributed by atoms with van der Waals surface area (Å²) in [6.07, 6.45) is 3.51. The number of imidazole rings is 1. The fourth-order valence-corrected chi connectivity index (χ4v) is 6.56. The normalized spacial score (nSPS) is 16.1. The Morgan fingerprint density at radius 3 is 2.42 bits per heavy atom. The van der Waals surface area contributed by atoms with Gasteiger partial charge in [0.05, 0.1) is 16.7 Å². The predicted molar refractivity (Wildman–Crippen MR) is 173 cm³/mol. The van der Waals surface area contributed by atoms with Gasteiger partial charge in [-0.25, -0.2) is 4.98 Å². The number of fused-ring (bicyclic) bond motifs is 7. The maximum absolute atomic E-state index is 6.46. The van der Waals surface area contributed by atoms with E-state index < -0.39 is 0 Å². The molecule has 4 heterocycles. The first-order valence-electron chi connectivity index (χ1n) is 14.8. The first kappa shape index (κ1) is 25.8. The number of ether oxygens (including phenoxy) is 1. The summed E-state index contributed by atoms with van der Waals surface area (Å²) in [5.74, 6) is 2.03. The second-order valence-corrected chi connectivity index (χ2v) is 12.4. The summed E-state index contributed by atoms with van der Waals surface area (Å²) in [6.45, 7) is 9.24. The van der Waals surface area contributed by atoms with Crippen molar-refractivity contribution in [2.24, 2.45) is 0 Å². The van der Waals surface area contributed by atoms with E-state index >= 15 is 0 Å². The van der Waals surface area contributed by atoms with E-state index in [2.05, 4.69) is 109 Å². The zero-order valence-corrected chi connectivity index (χ0v) is 24.7. The van der Waals surface area contributed by atoms with Gasteiger partial charge in [-0.1, -0.05) is 72.8 Å². The van der Waals surface area contributed by atoms with Crippen molar-refractivity contribution in [2.75, 3.05) is 4.81 Å². The zero-order valence-electron chi connectivity index (χ0n) is 24.7. The fraction of sp³-hybridized carbons (Fsp3) is 0.167. The van der Waals surface area contributed by atoms with Gasteiger partial charge in [-0.15, -0.1) is 0 Å². The third kappa shape index (κ3) is 3.92. The maximum atomic E-state index is 6.46. The number of aromatic nitrogens is 3. The highest BCUT2D eigenvalue weighted by atomic mass is 16.5. The highest BCUT2D eigenvalue weighted by molar-refractivity contribution is 6.78. The number of hydrogen-bond donors (Lipinski definition) is 1. The molecule has 43 heavy (non-hydrogen) atoms. The number of pyridine rings is 1. The fourth-order valence-electron chi connectivity index (χ4n) is 6.56. The molecule has 0 atom stereocenters. The topological polar surface area (TPSA) is 46.2 Å². The number of rotatable bonds is 4. The van der Waals surface area contributed by atoms with Crippen molar-refractivity contribution in [1.82, 2.24) is 14.8 Å². The van der Waals surface area contributed by atoms with Gasteiger partial charge in [-0.2, -0.15) is 0 Å². The molecule has 8 rings (SSSR count). The van der Waals surface area contributed by atoms with Gasteiger partial charge >= 0.3 is 6.98 Å². The molecule has 2 aliphatic rings. The molecule has 6 aromatic rings. The van der Waals surface area contributed by atoms with Crippen LogP contribution in [0, 0.1) is 6.33 Å². The highest BCUT2D eigenvalue weighted by Crippen LogP contribution is 2.45. The van der Waals surface area contributed by atoms with E-state index in [1.807, 2.05) is 59.2 Å². The molecular formula is C36H32BN5O. The number of nitrogens with zero attached hydrogens (tertiary/aromatic N) is 4. The van der Waals surface area contributed by atoms with Gasteiger partial charge in [0.15, 0.2) is 5.82 Å². The number of benzene rings is 4. The molecule has 0 unspecified atom stereocenters. The monoisotopic (exact) mass is 561 g/mol. The van der Waals surface area contributed by atoms with E-state index in [1.54, 1.807) is 0 Å². The molecule has 0 amide bonds. The molecule has 210 valence electrons. The summed E-state index contributed by atoms with van der Waals surface area (Å²) in [4.78, 5) is 7.46. The van der Waals surface area contributed by atoms with Crippen molar-refractivity contribution < 1.29 is 9.30 Å². The predicted octanol–water partition coefficient (Wildman–Crippen LogP) is 6.24. The summed E-state index contributed by atoms with van der Waals surface area (Å²) in [5.41, 5.74) is 7.84. The van der Waals surface area contributed by atoms with Gasteiger partial charge in [0.2, 0.25) is 5.88 Å². The lowest BCUT2D eigenvalue weighted by molar-refractivity contribution is -0.572. The Morgan fingerprint density at radius 1 is 0.791 bits per heavy atom. The standard InChI is InChI=1S/C36H32BN5O/c1-35(2)36(3,4)42-30-16-9-8-15-28(30)27-22-21-26(23-29(27)37(42)39-35)43-34-20-12-19-33(38-34)41-24-40(25-13-6-5-7-14-25)31-17-10-11-18-32(31)41/h5-23,39H,1-4H3. The molecule has 2 aromatic heterocycles. The summed E-state index contributed by atoms with van der Waals surface area (Å²) >= 11 is 0. The second-order valence-electron chi connectivity index (χ2n) is 12.4. The van der Waals surface area contributed by atoms with Crippen LogP contribution in [0.5, 0.6) is 11.6 Å². The Morgan fingerprint density at radius 2 is 1.56 bits per heavy atom. The summed E-state index contributed by atoms with van der Waals surface area (Å²) in [7, 11) is 0.